The molecule has 0 bridgehead atoms. The number of hydrogen-bond donors (Lipinski definition) is 1. The summed E-state index contributed by atoms with van der Waals surface area (Å²) in [5, 5.41) is 0. The Bertz CT molecular complexity index is 556. The Labute approximate surface area is 102 Å². The molecule has 2 atom stereocenters. The van der Waals surface area contributed by atoms with E-state index in [2.05, 4.69) is 41.6 Å². The van der Waals surface area contributed by atoms with E-state index in [9.17, 15) is 0 Å². The van der Waals surface area contributed by atoms with Gasteiger partial charge in [-0.1, -0.05) is 19.1 Å². The molecule has 1 saturated carbocycles. The van der Waals surface area contributed by atoms with E-state index >= 15 is 0 Å². The number of fused-ring (bicyclic) bond motifs is 1. The minimum absolute atomic E-state index is 0.539. The number of nitrogens with two attached hydrogens (primary N) is 1. The second-order valence-electron chi connectivity index (χ2n) is 5.35. The smallest absolute Gasteiger partial charge is 0.201 e. The molecule has 1 aliphatic carbocycles. The quantitative estimate of drug-likeness (QED) is 0.815. The van der Waals surface area contributed by atoms with Gasteiger partial charge in [-0.3, -0.25) is 0 Å². The van der Waals surface area contributed by atoms with Crippen LogP contribution in [-0.4, -0.2) is 9.55 Å². The van der Waals surface area contributed by atoms with Crippen molar-refractivity contribution < 1.29 is 0 Å². The lowest BCUT2D eigenvalue weighted by Crippen LogP contribution is -2.08. The van der Waals surface area contributed by atoms with Gasteiger partial charge in [0.05, 0.1) is 11.0 Å². The van der Waals surface area contributed by atoms with Crippen molar-refractivity contribution in [1.82, 2.24) is 9.55 Å². The summed E-state index contributed by atoms with van der Waals surface area (Å²) in [5.74, 6) is 1.48. The van der Waals surface area contributed by atoms with E-state index in [0.29, 0.717) is 12.0 Å². The van der Waals surface area contributed by atoms with Crippen LogP contribution in [0.2, 0.25) is 0 Å². The molecule has 2 unspecified atom stereocenters. The molecule has 3 heteroatoms. The van der Waals surface area contributed by atoms with Gasteiger partial charge in [-0.15, -0.1) is 0 Å². The van der Waals surface area contributed by atoms with Crippen LogP contribution in [0.1, 0.15) is 37.8 Å². The highest BCUT2D eigenvalue weighted by Crippen LogP contribution is 2.38. The number of anilines is 1. The fourth-order valence-electron chi connectivity index (χ4n) is 3.07. The Kier molecular flexibility index (Phi) is 2.35. The van der Waals surface area contributed by atoms with Crippen LogP contribution >= 0.6 is 0 Å². The number of nitrogen functional groups attached to an aromatic ring is 1. The van der Waals surface area contributed by atoms with Crippen molar-refractivity contribution in [3.05, 3.63) is 23.8 Å². The van der Waals surface area contributed by atoms with Crippen LogP contribution < -0.4 is 5.73 Å². The fraction of sp³-hybridized carbons (Fsp3) is 0.500. The number of benzene rings is 1. The Hall–Kier alpha value is -1.51. The Morgan fingerprint density at radius 3 is 2.88 bits per heavy atom. The number of aryl methyl sites for hydroxylation is 1. The van der Waals surface area contributed by atoms with Gasteiger partial charge in [-0.25, -0.2) is 4.98 Å². The van der Waals surface area contributed by atoms with Gasteiger partial charge in [-0.2, -0.15) is 0 Å². The van der Waals surface area contributed by atoms with Crippen molar-refractivity contribution in [3.8, 4) is 0 Å². The molecule has 0 spiro atoms. The molecule has 1 aromatic carbocycles. The largest absolute Gasteiger partial charge is 0.369 e. The summed E-state index contributed by atoms with van der Waals surface area (Å²) in [6.45, 7) is 4.41. The molecule has 3 rings (SSSR count). The minimum atomic E-state index is 0.539. The Morgan fingerprint density at radius 2 is 2.18 bits per heavy atom. The lowest BCUT2D eigenvalue weighted by molar-refractivity contribution is 0.510. The van der Waals surface area contributed by atoms with Crippen LogP contribution in [0.4, 0.5) is 5.95 Å². The SMILES string of the molecule is Cc1cccc2c1nc(N)n2C1CCC(C)C1. The molecule has 1 aliphatic rings. The molecule has 1 aromatic heterocycles. The van der Waals surface area contributed by atoms with E-state index in [1.54, 1.807) is 0 Å². The molecule has 90 valence electrons. The molecule has 0 radical (unpaired) electrons. The van der Waals surface area contributed by atoms with Crippen molar-refractivity contribution in [3.63, 3.8) is 0 Å². The van der Waals surface area contributed by atoms with Gasteiger partial charge in [0.2, 0.25) is 5.95 Å². The first kappa shape index (κ1) is 10.6. The van der Waals surface area contributed by atoms with Crippen LogP contribution in [-0.2, 0) is 0 Å². The van der Waals surface area contributed by atoms with Crippen molar-refractivity contribution in [2.45, 2.75) is 39.2 Å². The monoisotopic (exact) mass is 229 g/mol. The van der Waals surface area contributed by atoms with E-state index in [1.807, 2.05) is 0 Å². The van der Waals surface area contributed by atoms with Crippen LogP contribution in [0, 0.1) is 12.8 Å². The molecular formula is C14H19N3. The normalized spacial score (nSPS) is 24.6. The number of rotatable bonds is 1. The van der Waals surface area contributed by atoms with Crippen molar-refractivity contribution in [1.29, 1.82) is 0 Å². The fourth-order valence-corrected chi connectivity index (χ4v) is 3.07. The van der Waals surface area contributed by atoms with Gasteiger partial charge in [0.1, 0.15) is 0 Å². The van der Waals surface area contributed by atoms with Gasteiger partial charge in [0, 0.05) is 6.04 Å². The molecule has 0 saturated heterocycles. The predicted octanol–water partition coefficient (Wildman–Crippen LogP) is 3.29. The van der Waals surface area contributed by atoms with Crippen molar-refractivity contribution in [2.75, 3.05) is 5.73 Å². The second-order valence-corrected chi connectivity index (χ2v) is 5.35. The summed E-state index contributed by atoms with van der Waals surface area (Å²) in [7, 11) is 0. The van der Waals surface area contributed by atoms with E-state index in [0.717, 1.165) is 11.4 Å². The number of hydrogen-bond acceptors (Lipinski definition) is 2. The van der Waals surface area contributed by atoms with Crippen LogP contribution in [0.5, 0.6) is 0 Å². The topological polar surface area (TPSA) is 43.8 Å². The highest BCUT2D eigenvalue weighted by atomic mass is 15.2. The van der Waals surface area contributed by atoms with Crippen LogP contribution in [0.3, 0.4) is 0 Å². The summed E-state index contributed by atoms with van der Waals surface area (Å²) in [6.07, 6.45) is 3.75. The third-order valence-corrected chi connectivity index (χ3v) is 3.98. The Morgan fingerprint density at radius 1 is 1.35 bits per heavy atom. The lowest BCUT2D eigenvalue weighted by atomic mass is 10.1. The summed E-state index contributed by atoms with van der Waals surface area (Å²) in [4.78, 5) is 4.52. The van der Waals surface area contributed by atoms with Gasteiger partial charge in [0.15, 0.2) is 0 Å². The summed E-state index contributed by atoms with van der Waals surface area (Å²) in [6, 6.07) is 6.86. The zero-order valence-electron chi connectivity index (χ0n) is 10.5. The number of para-hydroxylation sites is 1. The first-order valence-electron chi connectivity index (χ1n) is 6.40. The molecule has 2 aromatic rings. The van der Waals surface area contributed by atoms with Gasteiger partial charge in [0.25, 0.3) is 0 Å². The number of imidazole rings is 1. The third kappa shape index (κ3) is 1.61. The average Bonchev–Trinajstić information content (AvgIpc) is 2.82. The molecular weight excluding hydrogens is 210 g/mol. The maximum absolute atomic E-state index is 6.10. The van der Waals surface area contributed by atoms with Crippen molar-refractivity contribution in [2.24, 2.45) is 5.92 Å². The zero-order valence-corrected chi connectivity index (χ0v) is 10.5. The maximum Gasteiger partial charge on any atom is 0.201 e. The van der Waals surface area contributed by atoms with Crippen molar-refractivity contribution >= 4 is 17.0 Å². The first-order chi connectivity index (χ1) is 8.16. The van der Waals surface area contributed by atoms with E-state index in [-0.39, 0.29) is 0 Å². The molecule has 17 heavy (non-hydrogen) atoms. The Balaban J connectivity index is 2.16. The maximum atomic E-state index is 6.10. The summed E-state index contributed by atoms with van der Waals surface area (Å²) in [5.41, 5.74) is 9.56. The minimum Gasteiger partial charge on any atom is -0.369 e. The molecule has 3 nitrogen and oxygen atoms in total. The number of aromatic nitrogens is 2. The highest BCUT2D eigenvalue weighted by Gasteiger charge is 2.25. The van der Waals surface area contributed by atoms with Gasteiger partial charge < -0.3 is 10.3 Å². The second kappa shape index (κ2) is 3.76. The first-order valence-corrected chi connectivity index (χ1v) is 6.40. The molecule has 0 aliphatic heterocycles. The standard InChI is InChI=1S/C14H19N3/c1-9-6-7-11(8-9)17-12-5-3-4-10(2)13(12)16-14(17)15/h3-5,9,11H,6-8H2,1-2H3,(H2,15,16). The van der Waals surface area contributed by atoms with Gasteiger partial charge in [-0.05, 0) is 43.7 Å². The predicted molar refractivity (Wildman–Crippen MR) is 70.9 cm³/mol. The van der Waals surface area contributed by atoms with Crippen LogP contribution in [0.15, 0.2) is 18.2 Å². The van der Waals surface area contributed by atoms with E-state index in [1.165, 1.54) is 30.3 Å². The average molecular weight is 229 g/mol. The third-order valence-electron chi connectivity index (χ3n) is 3.98. The lowest BCUT2D eigenvalue weighted by Gasteiger charge is -2.14. The summed E-state index contributed by atoms with van der Waals surface area (Å²) < 4.78 is 2.24. The van der Waals surface area contributed by atoms with E-state index in [4.69, 9.17) is 5.73 Å². The van der Waals surface area contributed by atoms with Crippen LogP contribution in [0.25, 0.3) is 11.0 Å². The highest BCUT2D eigenvalue weighted by molar-refractivity contribution is 5.81. The molecule has 0 amide bonds. The molecule has 1 fully saturated rings. The zero-order chi connectivity index (χ0) is 12.0. The molecule has 2 N–H and O–H groups in total. The van der Waals surface area contributed by atoms with Gasteiger partial charge >= 0.3 is 0 Å². The molecule has 1 heterocycles. The number of nitrogens with zero attached hydrogens (tertiary/aromatic N) is 2. The van der Waals surface area contributed by atoms with E-state index < -0.39 is 0 Å². The summed E-state index contributed by atoms with van der Waals surface area (Å²) >= 11 is 0.